The molecule has 1 heterocycles. The van der Waals surface area contributed by atoms with E-state index in [1.54, 1.807) is 9.80 Å². The monoisotopic (exact) mass is 270 g/mol. The molecule has 1 aliphatic heterocycles. The fourth-order valence-corrected chi connectivity index (χ4v) is 2.05. The van der Waals surface area contributed by atoms with Crippen LogP contribution in [0.4, 0.5) is 4.79 Å². The largest absolute Gasteiger partial charge is 0.444 e. The normalized spacial score (nSPS) is 22.1. The van der Waals surface area contributed by atoms with Gasteiger partial charge in [0.1, 0.15) is 11.2 Å². The van der Waals surface area contributed by atoms with Crippen LogP contribution in [0, 0.1) is 0 Å². The lowest BCUT2D eigenvalue weighted by Gasteiger charge is -2.36. The Morgan fingerprint density at radius 2 is 1.53 bits per heavy atom. The number of carbonyl (C=O) groups excluding carboxylic acids is 2. The van der Waals surface area contributed by atoms with E-state index in [1.165, 1.54) is 0 Å². The van der Waals surface area contributed by atoms with Crippen LogP contribution in [-0.4, -0.2) is 64.3 Å². The van der Waals surface area contributed by atoms with Gasteiger partial charge in [0.15, 0.2) is 0 Å². The molecule has 1 aliphatic carbocycles. The van der Waals surface area contributed by atoms with Gasteiger partial charge in [-0.3, -0.25) is 4.79 Å². The molecule has 108 valence electrons. The van der Waals surface area contributed by atoms with Crippen LogP contribution in [0.25, 0.3) is 0 Å². The molecule has 19 heavy (non-hydrogen) atoms. The van der Waals surface area contributed by atoms with Crippen molar-refractivity contribution in [1.82, 2.24) is 9.80 Å². The highest BCUT2D eigenvalue weighted by atomic mass is 16.6. The van der Waals surface area contributed by atoms with E-state index in [0.717, 1.165) is 0 Å². The molecule has 2 amide bonds. The smallest absolute Gasteiger partial charge is 0.410 e. The number of rotatable bonds is 1. The molecule has 0 atom stereocenters. The van der Waals surface area contributed by atoms with Gasteiger partial charge in [0.2, 0.25) is 0 Å². The van der Waals surface area contributed by atoms with Gasteiger partial charge >= 0.3 is 6.09 Å². The quantitative estimate of drug-likeness (QED) is 0.757. The Balaban J connectivity index is 1.82. The first kappa shape index (κ1) is 14.1. The van der Waals surface area contributed by atoms with Crippen molar-refractivity contribution in [3.8, 4) is 0 Å². The molecule has 2 fully saturated rings. The molecule has 0 radical (unpaired) electrons. The van der Waals surface area contributed by atoms with Gasteiger partial charge in [-0.25, -0.2) is 4.79 Å². The van der Waals surface area contributed by atoms with Gasteiger partial charge in [0.25, 0.3) is 5.91 Å². The predicted octanol–water partition coefficient (Wildman–Crippen LogP) is 0.591. The summed E-state index contributed by atoms with van der Waals surface area (Å²) >= 11 is 0. The molecular weight excluding hydrogens is 248 g/mol. The molecule has 2 rings (SSSR count). The van der Waals surface area contributed by atoms with Crippen molar-refractivity contribution in [3.05, 3.63) is 0 Å². The third-order valence-corrected chi connectivity index (χ3v) is 3.34. The molecular formula is C13H22N2O4. The van der Waals surface area contributed by atoms with Crippen LogP contribution in [0.15, 0.2) is 0 Å². The highest BCUT2D eigenvalue weighted by Crippen LogP contribution is 2.37. The number of piperazine rings is 1. The molecule has 1 saturated carbocycles. The van der Waals surface area contributed by atoms with Crippen molar-refractivity contribution < 1.29 is 19.4 Å². The fraction of sp³-hybridized carbons (Fsp3) is 0.846. The molecule has 1 saturated heterocycles. The van der Waals surface area contributed by atoms with E-state index in [0.29, 0.717) is 39.0 Å². The van der Waals surface area contributed by atoms with Gasteiger partial charge in [-0.1, -0.05) is 0 Å². The van der Waals surface area contributed by atoms with Crippen molar-refractivity contribution in [2.75, 3.05) is 26.2 Å². The number of hydrogen-bond donors (Lipinski definition) is 1. The van der Waals surface area contributed by atoms with E-state index in [9.17, 15) is 14.7 Å². The van der Waals surface area contributed by atoms with E-state index < -0.39 is 11.2 Å². The minimum atomic E-state index is -1.12. The zero-order valence-electron chi connectivity index (χ0n) is 11.8. The van der Waals surface area contributed by atoms with Crippen molar-refractivity contribution in [2.45, 2.75) is 44.8 Å². The van der Waals surface area contributed by atoms with E-state index in [4.69, 9.17) is 4.74 Å². The van der Waals surface area contributed by atoms with Crippen LogP contribution in [0.3, 0.4) is 0 Å². The van der Waals surface area contributed by atoms with Gasteiger partial charge in [-0.2, -0.15) is 0 Å². The second kappa shape index (κ2) is 4.67. The standard InChI is InChI=1S/C13H22N2O4/c1-12(2,3)19-11(17)15-8-6-14(7-9-15)10(16)13(18)4-5-13/h18H,4-9H2,1-3H3. The summed E-state index contributed by atoms with van der Waals surface area (Å²) in [6, 6.07) is 0. The number of hydrogen-bond acceptors (Lipinski definition) is 4. The first-order valence-corrected chi connectivity index (χ1v) is 6.71. The summed E-state index contributed by atoms with van der Waals surface area (Å²) in [5.74, 6) is -0.198. The lowest BCUT2D eigenvalue weighted by molar-refractivity contribution is -0.144. The van der Waals surface area contributed by atoms with E-state index in [-0.39, 0.29) is 12.0 Å². The van der Waals surface area contributed by atoms with E-state index >= 15 is 0 Å². The Labute approximate surface area is 113 Å². The summed E-state index contributed by atoms with van der Waals surface area (Å²) in [6.45, 7) is 7.31. The minimum absolute atomic E-state index is 0.198. The minimum Gasteiger partial charge on any atom is -0.444 e. The molecule has 1 N–H and O–H groups in total. The van der Waals surface area contributed by atoms with Crippen molar-refractivity contribution in [3.63, 3.8) is 0 Å². The molecule has 2 aliphatic rings. The first-order valence-electron chi connectivity index (χ1n) is 6.71. The highest BCUT2D eigenvalue weighted by molar-refractivity contribution is 5.88. The number of amides is 2. The topological polar surface area (TPSA) is 70.1 Å². The average Bonchev–Trinajstić information content (AvgIpc) is 3.06. The lowest BCUT2D eigenvalue weighted by Crippen LogP contribution is -2.54. The number of ether oxygens (including phenoxy) is 1. The average molecular weight is 270 g/mol. The molecule has 0 unspecified atom stereocenters. The zero-order chi connectivity index (χ0) is 14.3. The van der Waals surface area contributed by atoms with E-state index in [2.05, 4.69) is 0 Å². The van der Waals surface area contributed by atoms with Crippen LogP contribution in [0.1, 0.15) is 33.6 Å². The van der Waals surface area contributed by atoms with Crippen LogP contribution in [0.2, 0.25) is 0 Å². The second-order valence-electron chi connectivity index (χ2n) is 6.29. The molecule has 6 nitrogen and oxygen atoms in total. The van der Waals surface area contributed by atoms with Crippen LogP contribution in [-0.2, 0) is 9.53 Å². The predicted molar refractivity (Wildman–Crippen MR) is 68.6 cm³/mol. The first-order chi connectivity index (χ1) is 8.71. The highest BCUT2D eigenvalue weighted by Gasteiger charge is 2.50. The van der Waals surface area contributed by atoms with Crippen LogP contribution in [0.5, 0.6) is 0 Å². The maximum absolute atomic E-state index is 11.9. The second-order valence-corrected chi connectivity index (χ2v) is 6.29. The Bertz CT molecular complexity index is 377. The fourth-order valence-electron chi connectivity index (χ4n) is 2.05. The summed E-state index contributed by atoms with van der Waals surface area (Å²) in [5, 5.41) is 9.78. The molecule has 0 aromatic rings. The van der Waals surface area contributed by atoms with Crippen LogP contribution >= 0.6 is 0 Å². The molecule has 0 spiro atoms. The Morgan fingerprint density at radius 1 is 1.05 bits per heavy atom. The zero-order valence-corrected chi connectivity index (χ0v) is 11.8. The third-order valence-electron chi connectivity index (χ3n) is 3.34. The van der Waals surface area contributed by atoms with Crippen molar-refractivity contribution >= 4 is 12.0 Å². The summed E-state index contributed by atoms with van der Waals surface area (Å²) in [7, 11) is 0. The summed E-state index contributed by atoms with van der Waals surface area (Å²) < 4.78 is 5.29. The van der Waals surface area contributed by atoms with Gasteiger partial charge in [-0.15, -0.1) is 0 Å². The number of aliphatic hydroxyl groups is 1. The molecule has 0 aromatic carbocycles. The maximum atomic E-state index is 11.9. The van der Waals surface area contributed by atoms with Gasteiger partial charge in [0, 0.05) is 26.2 Å². The number of nitrogens with zero attached hydrogens (tertiary/aromatic N) is 2. The van der Waals surface area contributed by atoms with Gasteiger partial charge in [0.05, 0.1) is 0 Å². The van der Waals surface area contributed by atoms with Crippen molar-refractivity contribution in [2.24, 2.45) is 0 Å². The lowest BCUT2D eigenvalue weighted by atomic mass is 10.2. The third kappa shape index (κ3) is 3.37. The van der Waals surface area contributed by atoms with Gasteiger partial charge < -0.3 is 19.6 Å². The van der Waals surface area contributed by atoms with E-state index in [1.807, 2.05) is 20.8 Å². The summed E-state index contributed by atoms with van der Waals surface area (Å²) in [4.78, 5) is 27.0. The summed E-state index contributed by atoms with van der Waals surface area (Å²) in [6.07, 6.45) is 0.765. The Hall–Kier alpha value is -1.30. The van der Waals surface area contributed by atoms with Crippen molar-refractivity contribution in [1.29, 1.82) is 0 Å². The van der Waals surface area contributed by atoms with Crippen LogP contribution < -0.4 is 0 Å². The number of carbonyl (C=O) groups is 2. The molecule has 0 aromatic heterocycles. The summed E-state index contributed by atoms with van der Waals surface area (Å²) in [5.41, 5.74) is -1.62. The van der Waals surface area contributed by atoms with Gasteiger partial charge in [-0.05, 0) is 33.6 Å². The Morgan fingerprint density at radius 3 is 1.95 bits per heavy atom. The maximum Gasteiger partial charge on any atom is 0.410 e. The molecule has 6 heteroatoms. The SMILES string of the molecule is CC(C)(C)OC(=O)N1CCN(C(=O)C2(O)CC2)CC1. The Kier molecular flexibility index (Phi) is 3.47. The molecule has 0 bridgehead atoms.